The van der Waals surface area contributed by atoms with Crippen molar-refractivity contribution in [1.82, 2.24) is 30.0 Å². The molecule has 0 aliphatic carbocycles. The second-order valence-electron chi connectivity index (χ2n) is 10.7. The molecule has 2 aliphatic rings. The van der Waals surface area contributed by atoms with Crippen LogP contribution in [0, 0.1) is 0 Å². The summed E-state index contributed by atoms with van der Waals surface area (Å²) in [6.45, 7) is 6.50. The first-order chi connectivity index (χ1) is 20.4. The number of morpholine rings is 1. The zero-order valence-corrected chi connectivity index (χ0v) is 25.8. The number of nitrogens with zero attached hydrogens (tertiary/aromatic N) is 6. The number of tetrazole rings is 1. The van der Waals surface area contributed by atoms with Crippen molar-refractivity contribution in [1.29, 1.82) is 0 Å². The van der Waals surface area contributed by atoms with E-state index in [4.69, 9.17) is 9.47 Å². The van der Waals surface area contributed by atoms with Crippen LogP contribution >= 0.6 is 24.8 Å². The molecule has 4 aromatic rings. The lowest BCUT2D eigenvalue weighted by molar-refractivity contribution is -0.146. The van der Waals surface area contributed by atoms with Gasteiger partial charge in [-0.05, 0) is 46.7 Å². The van der Waals surface area contributed by atoms with Gasteiger partial charge in [-0.15, -0.1) is 29.9 Å². The highest BCUT2D eigenvalue weighted by Crippen LogP contribution is 2.37. The molecular weight excluding hydrogens is 616 g/mol. The topological polar surface area (TPSA) is 68.5 Å². The Bertz CT molecular complexity index is 1440. The SMILES string of the molecule is CCOc1ccc(-n2nnnc2C(F)(F)F)cc1CN1C[C@@H]2COCCN2[C@H](C(c2ccccc2)c2ccccc2)C1.Cl.Cl. The summed E-state index contributed by atoms with van der Waals surface area (Å²) >= 11 is 0. The van der Waals surface area contributed by atoms with Gasteiger partial charge in [0.05, 0.1) is 25.5 Å². The number of hydrogen-bond acceptors (Lipinski definition) is 7. The van der Waals surface area contributed by atoms with Crippen LogP contribution in [0.15, 0.2) is 78.9 Å². The molecule has 0 amide bonds. The van der Waals surface area contributed by atoms with Crippen molar-refractivity contribution in [2.24, 2.45) is 0 Å². The van der Waals surface area contributed by atoms with E-state index in [0.717, 1.165) is 29.9 Å². The van der Waals surface area contributed by atoms with Gasteiger partial charge in [0.1, 0.15) is 5.75 Å². The Morgan fingerprint density at radius 3 is 2.27 bits per heavy atom. The van der Waals surface area contributed by atoms with Gasteiger partial charge in [0.2, 0.25) is 0 Å². The fourth-order valence-electron chi connectivity index (χ4n) is 6.28. The number of rotatable bonds is 8. The van der Waals surface area contributed by atoms with Crippen molar-refractivity contribution < 1.29 is 22.6 Å². The minimum atomic E-state index is -4.68. The molecule has 3 aromatic carbocycles. The third-order valence-electron chi connectivity index (χ3n) is 8.02. The molecule has 8 nitrogen and oxygen atoms in total. The highest BCUT2D eigenvalue weighted by molar-refractivity contribution is 5.85. The van der Waals surface area contributed by atoms with Gasteiger partial charge in [-0.3, -0.25) is 9.80 Å². The summed E-state index contributed by atoms with van der Waals surface area (Å²) in [5.74, 6) is -0.410. The van der Waals surface area contributed by atoms with Crippen molar-refractivity contribution in [2.75, 3.05) is 39.5 Å². The average molecular weight is 652 g/mol. The van der Waals surface area contributed by atoms with E-state index < -0.39 is 12.0 Å². The van der Waals surface area contributed by atoms with Gasteiger partial charge >= 0.3 is 6.18 Å². The van der Waals surface area contributed by atoms with Crippen LogP contribution in [0.1, 0.15) is 35.4 Å². The molecule has 0 radical (unpaired) electrons. The van der Waals surface area contributed by atoms with E-state index in [1.54, 1.807) is 18.2 Å². The van der Waals surface area contributed by atoms with E-state index in [2.05, 4.69) is 73.9 Å². The molecular formula is C31H35Cl2F3N6O2. The molecule has 13 heteroatoms. The van der Waals surface area contributed by atoms with E-state index in [1.807, 2.05) is 19.1 Å². The first-order valence-corrected chi connectivity index (χ1v) is 14.2. The number of hydrogen-bond donors (Lipinski definition) is 0. The van der Waals surface area contributed by atoms with Crippen LogP contribution in [0.2, 0.25) is 0 Å². The highest BCUT2D eigenvalue weighted by Gasteiger charge is 2.42. The molecule has 6 rings (SSSR count). The van der Waals surface area contributed by atoms with Crippen molar-refractivity contribution >= 4 is 24.8 Å². The zero-order chi connectivity index (χ0) is 29.1. The monoisotopic (exact) mass is 650 g/mol. The highest BCUT2D eigenvalue weighted by atomic mass is 35.5. The Morgan fingerprint density at radius 2 is 1.64 bits per heavy atom. The van der Waals surface area contributed by atoms with Crippen LogP contribution in [0.4, 0.5) is 13.2 Å². The van der Waals surface area contributed by atoms with E-state index in [-0.39, 0.29) is 48.5 Å². The number of piperazine rings is 1. The maximum Gasteiger partial charge on any atom is 0.453 e. The minimum absolute atomic E-state index is 0. The molecule has 236 valence electrons. The maximum atomic E-state index is 13.6. The molecule has 0 bridgehead atoms. The molecule has 2 aliphatic heterocycles. The first-order valence-electron chi connectivity index (χ1n) is 14.2. The Hall–Kier alpha value is -3.22. The number of benzene rings is 3. The maximum absolute atomic E-state index is 13.6. The number of aromatic nitrogens is 4. The molecule has 2 saturated heterocycles. The van der Waals surface area contributed by atoms with E-state index in [9.17, 15) is 13.2 Å². The summed E-state index contributed by atoms with van der Waals surface area (Å²) in [6.07, 6.45) is -4.68. The largest absolute Gasteiger partial charge is 0.494 e. The quantitative estimate of drug-likeness (QED) is 0.244. The predicted molar refractivity (Wildman–Crippen MR) is 165 cm³/mol. The van der Waals surface area contributed by atoms with Crippen molar-refractivity contribution in [3.63, 3.8) is 0 Å². The number of halogens is 5. The Morgan fingerprint density at radius 1 is 0.955 bits per heavy atom. The zero-order valence-electron chi connectivity index (χ0n) is 24.1. The summed E-state index contributed by atoms with van der Waals surface area (Å²) in [4.78, 5) is 4.95. The Balaban J connectivity index is 0.00000221. The summed E-state index contributed by atoms with van der Waals surface area (Å²) in [7, 11) is 0. The van der Waals surface area contributed by atoms with Gasteiger partial charge in [-0.1, -0.05) is 60.7 Å². The minimum Gasteiger partial charge on any atom is -0.494 e. The van der Waals surface area contributed by atoms with Crippen molar-refractivity contribution in [3.8, 4) is 11.4 Å². The second kappa shape index (κ2) is 14.7. The normalized spacial score (nSPS) is 19.1. The molecule has 0 spiro atoms. The lowest BCUT2D eigenvalue weighted by atomic mass is 9.82. The van der Waals surface area contributed by atoms with Crippen LogP contribution in [0.3, 0.4) is 0 Å². The van der Waals surface area contributed by atoms with Gasteiger partial charge in [0, 0.05) is 49.7 Å². The Kier molecular flexibility index (Phi) is 11.3. The standard InChI is InChI=1S/C31H33F3N6O2.2ClH/c1-2-42-28-14-13-25(40-30(31(32,33)34)35-36-37-40)17-24(28)18-38-19-26-21-41-16-15-39(26)27(20-38)29(22-9-5-3-6-10-22)23-11-7-4-8-12-23;;/h3-14,17,26-27,29H,2,15-16,18-21H2,1H3;2*1H/t26-,27+;;/m1../s1. The van der Waals surface area contributed by atoms with Crippen LogP contribution in [0.5, 0.6) is 5.75 Å². The molecule has 0 saturated carbocycles. The first kappa shape index (κ1) is 33.7. The molecule has 0 N–H and O–H groups in total. The van der Waals surface area contributed by atoms with E-state index >= 15 is 0 Å². The third kappa shape index (κ3) is 7.18. The molecule has 2 fully saturated rings. The van der Waals surface area contributed by atoms with Crippen molar-refractivity contribution in [3.05, 3.63) is 101 Å². The number of alkyl halides is 3. The molecule has 3 heterocycles. The van der Waals surface area contributed by atoms with Gasteiger partial charge in [-0.25, -0.2) is 0 Å². The molecule has 1 aromatic heterocycles. The lowest BCUT2D eigenvalue weighted by Gasteiger charge is -2.51. The molecule has 2 atom stereocenters. The summed E-state index contributed by atoms with van der Waals surface area (Å²) in [5, 5.41) is 10.1. The number of ether oxygens (including phenoxy) is 2. The van der Waals surface area contributed by atoms with E-state index in [1.165, 1.54) is 11.1 Å². The van der Waals surface area contributed by atoms with Gasteiger partial charge in [0.25, 0.3) is 5.82 Å². The van der Waals surface area contributed by atoms with Gasteiger partial charge in [0.15, 0.2) is 0 Å². The lowest BCUT2D eigenvalue weighted by Crippen LogP contribution is -2.64. The summed E-state index contributed by atoms with van der Waals surface area (Å²) in [5.41, 5.74) is 3.50. The smallest absolute Gasteiger partial charge is 0.453 e. The summed E-state index contributed by atoms with van der Waals surface area (Å²) in [6, 6.07) is 26.4. The van der Waals surface area contributed by atoms with Crippen LogP contribution < -0.4 is 4.74 Å². The number of fused-ring (bicyclic) bond motifs is 1. The average Bonchev–Trinajstić information content (AvgIpc) is 3.51. The summed E-state index contributed by atoms with van der Waals surface area (Å²) < 4.78 is 53.3. The third-order valence-corrected chi connectivity index (χ3v) is 8.02. The van der Waals surface area contributed by atoms with Crippen LogP contribution in [-0.2, 0) is 17.5 Å². The van der Waals surface area contributed by atoms with Crippen molar-refractivity contribution in [2.45, 2.75) is 37.6 Å². The predicted octanol–water partition coefficient (Wildman–Crippen LogP) is 5.64. The Labute approximate surface area is 267 Å². The fourth-order valence-corrected chi connectivity index (χ4v) is 6.28. The molecule has 44 heavy (non-hydrogen) atoms. The fraction of sp³-hybridized carbons (Fsp3) is 0.387. The second-order valence-corrected chi connectivity index (χ2v) is 10.7. The molecule has 0 unspecified atom stereocenters. The van der Waals surface area contributed by atoms with Crippen LogP contribution in [-0.4, -0.2) is 81.5 Å². The van der Waals surface area contributed by atoms with E-state index in [0.29, 0.717) is 32.1 Å². The van der Waals surface area contributed by atoms with Gasteiger partial charge in [-0.2, -0.15) is 17.9 Å². The van der Waals surface area contributed by atoms with Crippen LogP contribution in [0.25, 0.3) is 5.69 Å². The van der Waals surface area contributed by atoms with Gasteiger partial charge < -0.3 is 9.47 Å².